The molecule has 2 heterocycles. The van der Waals surface area contributed by atoms with Crippen LogP contribution in [0.1, 0.15) is 29.2 Å². The number of anilines is 1. The van der Waals surface area contributed by atoms with Gasteiger partial charge >= 0.3 is 0 Å². The van der Waals surface area contributed by atoms with E-state index in [1.54, 1.807) is 11.8 Å². The highest BCUT2D eigenvalue weighted by molar-refractivity contribution is 7.98. The zero-order valence-electron chi connectivity index (χ0n) is 17.9. The summed E-state index contributed by atoms with van der Waals surface area (Å²) in [6.07, 6.45) is 1.17. The molecule has 4 aromatic rings. The molecule has 0 unspecified atom stereocenters. The van der Waals surface area contributed by atoms with Crippen molar-refractivity contribution in [2.75, 3.05) is 5.32 Å². The summed E-state index contributed by atoms with van der Waals surface area (Å²) in [4.78, 5) is 26.1. The van der Waals surface area contributed by atoms with Gasteiger partial charge in [-0.2, -0.15) is 0 Å². The molecule has 0 spiro atoms. The molecule has 1 amide bonds. The number of fused-ring (bicyclic) bond motifs is 1. The minimum atomic E-state index is 0.00174. The Labute approximate surface area is 186 Å². The molecule has 7 heteroatoms. The molecule has 0 atom stereocenters. The molecule has 158 valence electrons. The van der Waals surface area contributed by atoms with Gasteiger partial charge in [0.25, 0.3) is 0 Å². The van der Waals surface area contributed by atoms with Crippen molar-refractivity contribution >= 4 is 34.4 Å². The first-order valence-electron chi connectivity index (χ1n) is 10.2. The molecule has 0 aliphatic carbocycles. The van der Waals surface area contributed by atoms with Crippen molar-refractivity contribution in [2.45, 2.75) is 37.6 Å². The van der Waals surface area contributed by atoms with Gasteiger partial charge in [-0.15, -0.1) is 0 Å². The fourth-order valence-electron chi connectivity index (χ4n) is 3.47. The maximum Gasteiger partial charge on any atom is 0.224 e. The van der Waals surface area contributed by atoms with Crippen LogP contribution in [0.15, 0.2) is 59.8 Å². The third-order valence-electron chi connectivity index (χ3n) is 5.03. The highest BCUT2D eigenvalue weighted by Crippen LogP contribution is 2.24. The van der Waals surface area contributed by atoms with Crippen LogP contribution in [0, 0.1) is 13.8 Å². The van der Waals surface area contributed by atoms with Gasteiger partial charge in [-0.25, -0.2) is 15.0 Å². The number of rotatable bonds is 7. The normalized spacial score (nSPS) is 11.1. The Morgan fingerprint density at radius 3 is 2.48 bits per heavy atom. The van der Waals surface area contributed by atoms with Crippen LogP contribution in [0.3, 0.4) is 0 Å². The summed E-state index contributed by atoms with van der Waals surface area (Å²) < 4.78 is 2.08. The Balaban J connectivity index is 1.42. The molecule has 4 rings (SSSR count). The first kappa shape index (κ1) is 21.1. The lowest BCUT2D eigenvalue weighted by molar-refractivity contribution is -0.116. The maximum absolute atomic E-state index is 12.4. The molecule has 1 N–H and O–H groups in total. The number of carbonyl (C=O) groups is 1. The Morgan fingerprint density at radius 2 is 1.74 bits per heavy atom. The molecular formula is C24H25N5OS. The number of benzene rings is 2. The lowest BCUT2D eigenvalue weighted by Gasteiger charge is -2.06. The van der Waals surface area contributed by atoms with Crippen LogP contribution in [0.2, 0.25) is 0 Å². The quantitative estimate of drug-likeness (QED) is 0.335. The second-order valence-corrected chi connectivity index (χ2v) is 8.49. The van der Waals surface area contributed by atoms with E-state index < -0.39 is 0 Å². The topological polar surface area (TPSA) is 72.7 Å². The minimum absolute atomic E-state index is 0.00174. The van der Waals surface area contributed by atoms with Crippen molar-refractivity contribution < 1.29 is 4.79 Å². The smallest absolute Gasteiger partial charge is 0.224 e. The first-order chi connectivity index (χ1) is 15.0. The van der Waals surface area contributed by atoms with Crippen LogP contribution >= 0.6 is 11.8 Å². The SMILES string of the molecule is Cc1cc(C)nc(SCc2nc3cc(NC(=O)CCc4ccccc4)ccc3n2C)n1. The number of aryl methyl sites for hydroxylation is 4. The zero-order valence-corrected chi connectivity index (χ0v) is 18.7. The number of hydrogen-bond acceptors (Lipinski definition) is 5. The number of hydrogen-bond donors (Lipinski definition) is 1. The third kappa shape index (κ3) is 5.30. The van der Waals surface area contributed by atoms with E-state index in [4.69, 9.17) is 4.98 Å². The molecule has 0 saturated carbocycles. The summed E-state index contributed by atoms with van der Waals surface area (Å²) in [5, 5.41) is 3.75. The van der Waals surface area contributed by atoms with Crippen molar-refractivity contribution in [1.82, 2.24) is 19.5 Å². The van der Waals surface area contributed by atoms with Gasteiger partial charge in [-0.05, 0) is 50.1 Å². The summed E-state index contributed by atoms with van der Waals surface area (Å²) in [5.41, 5.74) is 5.74. The van der Waals surface area contributed by atoms with Crippen LogP contribution < -0.4 is 5.32 Å². The first-order valence-corrected chi connectivity index (χ1v) is 11.2. The van der Waals surface area contributed by atoms with Gasteiger partial charge in [-0.3, -0.25) is 4.79 Å². The lowest BCUT2D eigenvalue weighted by atomic mass is 10.1. The zero-order chi connectivity index (χ0) is 21.8. The predicted octanol–water partition coefficient (Wildman–Crippen LogP) is 4.84. The van der Waals surface area contributed by atoms with E-state index in [0.29, 0.717) is 12.2 Å². The molecule has 2 aromatic heterocycles. The number of amides is 1. The average molecular weight is 432 g/mol. The van der Waals surface area contributed by atoms with Gasteiger partial charge in [0.15, 0.2) is 5.16 Å². The van der Waals surface area contributed by atoms with Crippen LogP contribution in [0.4, 0.5) is 5.69 Å². The summed E-state index contributed by atoms with van der Waals surface area (Å²) in [7, 11) is 2.01. The van der Waals surface area contributed by atoms with Gasteiger partial charge in [0, 0.05) is 30.5 Å². The van der Waals surface area contributed by atoms with E-state index in [1.807, 2.05) is 75.5 Å². The number of nitrogens with one attached hydrogen (secondary N) is 1. The second kappa shape index (κ2) is 9.31. The highest BCUT2D eigenvalue weighted by Gasteiger charge is 2.11. The third-order valence-corrected chi connectivity index (χ3v) is 5.88. The number of thioether (sulfide) groups is 1. The van der Waals surface area contributed by atoms with Crippen molar-refractivity contribution in [2.24, 2.45) is 7.05 Å². The minimum Gasteiger partial charge on any atom is -0.330 e. The largest absolute Gasteiger partial charge is 0.330 e. The molecular weight excluding hydrogens is 406 g/mol. The fraction of sp³-hybridized carbons (Fsp3) is 0.250. The number of nitrogens with zero attached hydrogens (tertiary/aromatic N) is 4. The predicted molar refractivity (Wildman–Crippen MR) is 125 cm³/mol. The van der Waals surface area contributed by atoms with Gasteiger partial charge < -0.3 is 9.88 Å². The van der Waals surface area contributed by atoms with E-state index in [2.05, 4.69) is 19.9 Å². The lowest BCUT2D eigenvalue weighted by Crippen LogP contribution is -2.12. The summed E-state index contributed by atoms with van der Waals surface area (Å²) in [6, 6.07) is 17.9. The van der Waals surface area contributed by atoms with Crippen LogP contribution in [0.5, 0.6) is 0 Å². The molecule has 0 bridgehead atoms. The molecule has 2 aromatic carbocycles. The van der Waals surface area contributed by atoms with E-state index in [1.165, 1.54) is 0 Å². The van der Waals surface area contributed by atoms with Gasteiger partial charge in [0.1, 0.15) is 5.82 Å². The standard InChI is InChI=1S/C24H25N5OS/c1-16-13-17(2)26-24(25-16)31-15-22-28-20-14-19(10-11-21(20)29(22)3)27-23(30)12-9-18-7-5-4-6-8-18/h4-8,10-11,13-14H,9,12,15H2,1-3H3,(H,27,30). The van der Waals surface area contributed by atoms with Crippen LogP contribution in [-0.4, -0.2) is 25.4 Å². The van der Waals surface area contributed by atoms with Gasteiger partial charge in [0.05, 0.1) is 16.8 Å². The number of carbonyl (C=O) groups excluding carboxylic acids is 1. The molecule has 0 radical (unpaired) electrons. The maximum atomic E-state index is 12.4. The average Bonchev–Trinajstić information content (AvgIpc) is 3.06. The van der Waals surface area contributed by atoms with E-state index in [-0.39, 0.29) is 5.91 Å². The molecule has 6 nitrogen and oxygen atoms in total. The molecule has 0 aliphatic heterocycles. The Morgan fingerprint density at radius 1 is 1.00 bits per heavy atom. The summed E-state index contributed by atoms with van der Waals surface area (Å²) in [6.45, 7) is 3.95. The van der Waals surface area contributed by atoms with Crippen LogP contribution in [0.25, 0.3) is 11.0 Å². The van der Waals surface area contributed by atoms with E-state index in [0.717, 1.165) is 51.1 Å². The number of imidazole rings is 1. The van der Waals surface area contributed by atoms with Crippen LogP contribution in [-0.2, 0) is 24.0 Å². The van der Waals surface area contributed by atoms with Crippen molar-refractivity contribution in [3.8, 4) is 0 Å². The Bertz CT molecular complexity index is 1200. The Hall–Kier alpha value is -3.19. The molecule has 0 aliphatic rings. The highest BCUT2D eigenvalue weighted by atomic mass is 32.2. The second-order valence-electron chi connectivity index (χ2n) is 7.55. The Kier molecular flexibility index (Phi) is 6.32. The monoisotopic (exact) mass is 431 g/mol. The molecule has 0 fully saturated rings. The number of aromatic nitrogens is 4. The van der Waals surface area contributed by atoms with Crippen molar-refractivity contribution in [3.63, 3.8) is 0 Å². The summed E-state index contributed by atoms with van der Waals surface area (Å²) >= 11 is 1.58. The van der Waals surface area contributed by atoms with Gasteiger partial charge in [0.2, 0.25) is 5.91 Å². The summed E-state index contributed by atoms with van der Waals surface area (Å²) in [5.74, 6) is 1.62. The van der Waals surface area contributed by atoms with E-state index >= 15 is 0 Å². The fourth-order valence-corrected chi connectivity index (χ4v) is 4.40. The molecule has 0 saturated heterocycles. The van der Waals surface area contributed by atoms with Crippen molar-refractivity contribution in [1.29, 1.82) is 0 Å². The van der Waals surface area contributed by atoms with Crippen molar-refractivity contribution in [3.05, 3.63) is 77.4 Å². The van der Waals surface area contributed by atoms with E-state index in [9.17, 15) is 4.79 Å². The molecule has 31 heavy (non-hydrogen) atoms. The van der Waals surface area contributed by atoms with Gasteiger partial charge in [-0.1, -0.05) is 42.1 Å².